The maximum absolute atomic E-state index is 12.3. The predicted octanol–water partition coefficient (Wildman–Crippen LogP) is 3.01. The number of ether oxygens (including phenoxy) is 3. The van der Waals surface area contributed by atoms with Crippen molar-refractivity contribution in [2.45, 2.75) is 40.3 Å². The molecular formula is C23H25N3O5. The third kappa shape index (κ3) is 5.25. The van der Waals surface area contributed by atoms with E-state index in [1.54, 1.807) is 12.1 Å². The highest BCUT2D eigenvalue weighted by Gasteiger charge is 2.16. The zero-order valence-electron chi connectivity index (χ0n) is 17.9. The molecule has 8 heteroatoms. The molecule has 1 aliphatic heterocycles. The zero-order valence-corrected chi connectivity index (χ0v) is 17.9. The highest BCUT2D eigenvalue weighted by atomic mass is 16.7. The van der Waals surface area contributed by atoms with Crippen molar-refractivity contribution in [1.82, 2.24) is 9.88 Å². The van der Waals surface area contributed by atoms with Gasteiger partial charge in [0.05, 0.1) is 0 Å². The largest absolute Gasteiger partial charge is 0.454 e. The van der Waals surface area contributed by atoms with E-state index in [1.807, 2.05) is 32.0 Å². The average molecular weight is 423 g/mol. The molecule has 0 unspecified atom stereocenters. The molecule has 0 atom stereocenters. The van der Waals surface area contributed by atoms with Gasteiger partial charge in [-0.2, -0.15) is 5.26 Å². The summed E-state index contributed by atoms with van der Waals surface area (Å²) < 4.78 is 17.7. The van der Waals surface area contributed by atoms with Gasteiger partial charge in [-0.15, -0.1) is 0 Å². The molecule has 0 saturated carbocycles. The van der Waals surface area contributed by atoms with Crippen molar-refractivity contribution in [2.75, 3.05) is 13.4 Å². The molecule has 1 N–H and O–H groups in total. The van der Waals surface area contributed by atoms with Crippen molar-refractivity contribution >= 4 is 18.0 Å². The second-order valence-corrected chi connectivity index (χ2v) is 7.19. The Hall–Kier alpha value is -3.73. The molecule has 1 aromatic heterocycles. The Morgan fingerprint density at radius 2 is 2.03 bits per heavy atom. The van der Waals surface area contributed by atoms with Gasteiger partial charge in [0.2, 0.25) is 6.79 Å². The number of esters is 1. The first-order chi connectivity index (χ1) is 14.9. The van der Waals surface area contributed by atoms with Crippen LogP contribution in [0.5, 0.6) is 11.5 Å². The molecule has 0 saturated heterocycles. The number of hydrogen-bond donors (Lipinski definition) is 1. The minimum atomic E-state index is -0.832. The maximum atomic E-state index is 12.3. The average Bonchev–Trinajstić information content (AvgIpc) is 3.33. The van der Waals surface area contributed by atoms with E-state index in [0.29, 0.717) is 11.5 Å². The smallest absolute Gasteiger partial charge is 0.349 e. The number of amides is 1. The molecule has 31 heavy (non-hydrogen) atoms. The lowest BCUT2D eigenvalue weighted by Crippen LogP contribution is -2.28. The van der Waals surface area contributed by atoms with Crippen LogP contribution in [0.2, 0.25) is 0 Å². The molecule has 2 aromatic rings. The highest BCUT2D eigenvalue weighted by Crippen LogP contribution is 2.32. The van der Waals surface area contributed by atoms with E-state index in [0.717, 1.165) is 35.5 Å². The summed E-state index contributed by atoms with van der Waals surface area (Å²) in [6, 6.07) is 9.15. The number of nitriles is 1. The molecule has 0 bridgehead atoms. The van der Waals surface area contributed by atoms with E-state index in [2.05, 4.69) is 16.8 Å². The normalized spacial score (nSPS) is 12.4. The summed E-state index contributed by atoms with van der Waals surface area (Å²) >= 11 is 0. The monoisotopic (exact) mass is 423 g/mol. The molecule has 0 radical (unpaired) electrons. The fraction of sp³-hybridized carbons (Fsp3) is 0.348. The number of benzene rings is 1. The lowest BCUT2D eigenvalue weighted by Gasteiger charge is -2.08. The number of carbonyl (C=O) groups excluding carboxylic acids is 2. The Morgan fingerprint density at radius 1 is 1.26 bits per heavy atom. The van der Waals surface area contributed by atoms with Crippen molar-refractivity contribution in [3.63, 3.8) is 0 Å². The molecule has 2 heterocycles. The van der Waals surface area contributed by atoms with E-state index in [9.17, 15) is 14.9 Å². The van der Waals surface area contributed by atoms with Crippen molar-refractivity contribution in [3.05, 3.63) is 52.4 Å². The lowest BCUT2D eigenvalue weighted by molar-refractivity contribution is -0.144. The Morgan fingerprint density at radius 3 is 2.77 bits per heavy atom. The van der Waals surface area contributed by atoms with Crippen molar-refractivity contribution in [3.8, 4) is 17.6 Å². The van der Waals surface area contributed by atoms with Gasteiger partial charge in [0, 0.05) is 24.5 Å². The molecule has 1 aromatic carbocycles. The van der Waals surface area contributed by atoms with Crippen LogP contribution in [0.4, 0.5) is 0 Å². The summed E-state index contributed by atoms with van der Waals surface area (Å²) in [4.78, 5) is 24.3. The number of fused-ring (bicyclic) bond motifs is 1. The van der Waals surface area contributed by atoms with Crippen LogP contribution >= 0.6 is 0 Å². The third-order valence-electron chi connectivity index (χ3n) is 4.96. The van der Waals surface area contributed by atoms with Gasteiger partial charge in [-0.1, -0.05) is 13.0 Å². The van der Waals surface area contributed by atoms with Crippen LogP contribution in [0.3, 0.4) is 0 Å². The Labute approximate surface area is 181 Å². The number of carbonyl (C=O) groups is 2. The predicted molar refractivity (Wildman–Crippen MR) is 113 cm³/mol. The molecule has 162 valence electrons. The number of aromatic nitrogens is 1. The van der Waals surface area contributed by atoms with Gasteiger partial charge in [0.25, 0.3) is 5.91 Å². The van der Waals surface area contributed by atoms with Gasteiger partial charge in [-0.25, -0.2) is 4.79 Å². The van der Waals surface area contributed by atoms with Crippen LogP contribution in [-0.2, 0) is 27.4 Å². The Bertz CT molecular complexity index is 1060. The highest BCUT2D eigenvalue weighted by molar-refractivity contribution is 5.99. The van der Waals surface area contributed by atoms with Crippen molar-refractivity contribution < 1.29 is 23.8 Å². The molecular weight excluding hydrogens is 398 g/mol. The molecule has 3 rings (SSSR count). The van der Waals surface area contributed by atoms with Gasteiger partial charge in [0.15, 0.2) is 18.1 Å². The molecule has 0 spiro atoms. The van der Waals surface area contributed by atoms with E-state index in [-0.39, 0.29) is 18.9 Å². The Kier molecular flexibility index (Phi) is 6.98. The van der Waals surface area contributed by atoms with E-state index in [1.165, 1.54) is 6.08 Å². The SMILES string of the molecule is CCCn1c(C)cc(C=C(C#N)C(=O)OCC(=O)NCc2ccc3c(c2)OCO3)c1C. The van der Waals surface area contributed by atoms with Crippen LogP contribution in [0.15, 0.2) is 29.8 Å². The summed E-state index contributed by atoms with van der Waals surface area (Å²) in [6.07, 6.45) is 2.48. The van der Waals surface area contributed by atoms with Crippen LogP contribution in [0, 0.1) is 25.2 Å². The molecule has 0 fully saturated rings. The minimum absolute atomic E-state index is 0.152. The van der Waals surface area contributed by atoms with Gasteiger partial charge in [0.1, 0.15) is 11.6 Å². The first-order valence-corrected chi connectivity index (χ1v) is 10.0. The standard InChI is InChI=1S/C23H25N3O5/c1-4-7-26-15(2)8-18(16(26)3)10-19(11-24)23(28)29-13-22(27)25-12-17-5-6-20-21(9-17)31-14-30-20/h5-6,8-10H,4,7,12-14H2,1-3H3,(H,25,27). The summed E-state index contributed by atoms with van der Waals surface area (Å²) in [6.45, 7) is 6.82. The minimum Gasteiger partial charge on any atom is -0.454 e. The van der Waals surface area contributed by atoms with E-state index < -0.39 is 18.5 Å². The van der Waals surface area contributed by atoms with E-state index in [4.69, 9.17) is 14.2 Å². The van der Waals surface area contributed by atoms with Crippen molar-refractivity contribution in [1.29, 1.82) is 5.26 Å². The van der Waals surface area contributed by atoms with Crippen molar-refractivity contribution in [2.24, 2.45) is 0 Å². The number of hydrogen-bond acceptors (Lipinski definition) is 6. The van der Waals surface area contributed by atoms with Gasteiger partial charge < -0.3 is 24.1 Å². The molecule has 8 nitrogen and oxygen atoms in total. The fourth-order valence-electron chi connectivity index (χ4n) is 3.35. The number of nitrogens with zero attached hydrogens (tertiary/aromatic N) is 2. The third-order valence-corrected chi connectivity index (χ3v) is 4.96. The number of nitrogens with one attached hydrogen (secondary N) is 1. The second-order valence-electron chi connectivity index (χ2n) is 7.19. The van der Waals surface area contributed by atoms with Crippen LogP contribution in [0.25, 0.3) is 6.08 Å². The Balaban J connectivity index is 1.55. The van der Waals surface area contributed by atoms with Crippen LogP contribution in [0.1, 0.15) is 35.9 Å². The summed E-state index contributed by atoms with van der Waals surface area (Å²) in [5, 5.41) is 12.0. The lowest BCUT2D eigenvalue weighted by atomic mass is 10.1. The first-order valence-electron chi connectivity index (χ1n) is 10.0. The molecule has 0 aliphatic carbocycles. The molecule has 1 amide bonds. The van der Waals surface area contributed by atoms with Crippen LogP contribution in [-0.4, -0.2) is 29.8 Å². The maximum Gasteiger partial charge on any atom is 0.349 e. The van der Waals surface area contributed by atoms with Gasteiger partial charge >= 0.3 is 5.97 Å². The zero-order chi connectivity index (χ0) is 22.4. The molecule has 1 aliphatic rings. The van der Waals surface area contributed by atoms with Gasteiger partial charge in [-0.05, 0) is 55.7 Å². The first kappa shape index (κ1) is 22.0. The summed E-state index contributed by atoms with van der Waals surface area (Å²) in [7, 11) is 0. The summed E-state index contributed by atoms with van der Waals surface area (Å²) in [5.74, 6) is -0.0129. The second kappa shape index (κ2) is 9.85. The topological polar surface area (TPSA) is 103 Å². The van der Waals surface area contributed by atoms with Gasteiger partial charge in [-0.3, -0.25) is 4.79 Å². The van der Waals surface area contributed by atoms with Crippen LogP contribution < -0.4 is 14.8 Å². The number of rotatable bonds is 8. The summed E-state index contributed by atoms with van der Waals surface area (Å²) in [5.41, 5.74) is 3.48. The fourth-order valence-corrected chi connectivity index (χ4v) is 3.35. The van der Waals surface area contributed by atoms with E-state index >= 15 is 0 Å². The quantitative estimate of drug-likeness (QED) is 0.398. The number of aryl methyl sites for hydroxylation is 1.